The number of aryl methyl sites for hydroxylation is 2. The Hall–Kier alpha value is -2.37. The minimum absolute atomic E-state index is 0.0267. The van der Waals surface area contributed by atoms with Gasteiger partial charge >= 0.3 is 5.97 Å². The third-order valence-electron chi connectivity index (χ3n) is 6.25. The van der Waals surface area contributed by atoms with Gasteiger partial charge in [-0.15, -0.1) is 0 Å². The van der Waals surface area contributed by atoms with Crippen molar-refractivity contribution in [2.24, 2.45) is 5.41 Å². The summed E-state index contributed by atoms with van der Waals surface area (Å²) in [4.78, 5) is 26.9. The van der Waals surface area contributed by atoms with Crippen LogP contribution in [0.2, 0.25) is 5.02 Å². The maximum atomic E-state index is 13.3. The quantitative estimate of drug-likeness (QED) is 0.700. The number of halogens is 1. The van der Waals surface area contributed by atoms with Crippen LogP contribution >= 0.6 is 11.6 Å². The maximum absolute atomic E-state index is 13.3. The number of benzene rings is 2. The number of aliphatic hydroxyl groups is 1. The van der Waals surface area contributed by atoms with Crippen molar-refractivity contribution in [1.29, 1.82) is 0 Å². The highest BCUT2D eigenvalue weighted by Crippen LogP contribution is 2.36. The summed E-state index contributed by atoms with van der Waals surface area (Å²) >= 11 is 5.96. The number of aromatic carboxylic acids is 1. The van der Waals surface area contributed by atoms with Crippen molar-refractivity contribution in [2.45, 2.75) is 52.6 Å². The highest BCUT2D eigenvalue weighted by Gasteiger charge is 2.40. The number of amides is 1. The molecule has 0 atom stereocenters. The Balaban J connectivity index is 1.75. The van der Waals surface area contributed by atoms with E-state index in [9.17, 15) is 19.8 Å². The van der Waals surface area contributed by atoms with Crippen LogP contribution in [0.1, 0.15) is 59.3 Å². The Bertz CT molecular complexity index is 989. The van der Waals surface area contributed by atoms with Gasteiger partial charge in [0.25, 0.3) is 0 Å². The molecule has 1 fully saturated rings. The number of carbonyl (C=O) groups is 2. The van der Waals surface area contributed by atoms with E-state index in [0.717, 1.165) is 11.1 Å². The van der Waals surface area contributed by atoms with Crippen LogP contribution in [0.4, 0.5) is 0 Å². The number of likely N-dealkylation sites (tertiary alicyclic amines) is 1. The smallest absolute Gasteiger partial charge is 0.336 e. The molecule has 1 aliphatic rings. The number of nitrogens with zero attached hydrogens (tertiary/aromatic N) is 1. The fraction of sp³-hybridized carbons (Fsp3) is 0.440. The van der Waals surface area contributed by atoms with Crippen LogP contribution in [0.5, 0.6) is 0 Å². The van der Waals surface area contributed by atoms with E-state index in [-0.39, 0.29) is 11.5 Å². The molecule has 0 aliphatic carbocycles. The van der Waals surface area contributed by atoms with Gasteiger partial charge in [-0.1, -0.05) is 55.3 Å². The number of carboxylic acid groups (broad SMARTS) is 1. The molecule has 1 heterocycles. The summed E-state index contributed by atoms with van der Waals surface area (Å²) in [5.41, 5.74) is 1.71. The van der Waals surface area contributed by atoms with Crippen molar-refractivity contribution < 1.29 is 19.8 Å². The maximum Gasteiger partial charge on any atom is 0.336 e. The lowest BCUT2D eigenvalue weighted by molar-refractivity contribution is -0.145. The lowest BCUT2D eigenvalue weighted by Crippen LogP contribution is -2.49. The Morgan fingerprint density at radius 2 is 1.68 bits per heavy atom. The summed E-state index contributed by atoms with van der Waals surface area (Å²) in [5.74, 6) is -0.997. The molecule has 6 heteroatoms. The number of piperidine rings is 1. The highest BCUT2D eigenvalue weighted by atomic mass is 35.5. The van der Waals surface area contributed by atoms with Gasteiger partial charge in [-0.3, -0.25) is 4.79 Å². The van der Waals surface area contributed by atoms with Gasteiger partial charge in [0.05, 0.1) is 11.2 Å². The van der Waals surface area contributed by atoms with E-state index >= 15 is 0 Å². The zero-order valence-electron chi connectivity index (χ0n) is 18.5. The summed E-state index contributed by atoms with van der Waals surface area (Å²) < 4.78 is 0. The predicted molar refractivity (Wildman–Crippen MR) is 122 cm³/mol. The van der Waals surface area contributed by atoms with Crippen molar-refractivity contribution in [3.05, 3.63) is 69.2 Å². The van der Waals surface area contributed by atoms with Gasteiger partial charge in [-0.2, -0.15) is 0 Å². The molecular weight excluding hydrogens is 414 g/mol. The molecule has 1 aliphatic heterocycles. The number of carboxylic acids is 1. The third-order valence-corrected chi connectivity index (χ3v) is 6.50. The number of rotatable bonds is 5. The van der Waals surface area contributed by atoms with Gasteiger partial charge in [0.2, 0.25) is 5.91 Å². The molecule has 1 saturated heterocycles. The molecule has 1 amide bonds. The molecule has 0 bridgehead atoms. The van der Waals surface area contributed by atoms with E-state index < -0.39 is 17.0 Å². The van der Waals surface area contributed by atoms with Crippen LogP contribution in [-0.4, -0.2) is 40.1 Å². The molecular formula is C25H30ClNO4. The van der Waals surface area contributed by atoms with Crippen molar-refractivity contribution in [3.63, 3.8) is 0 Å². The molecule has 2 aromatic carbocycles. The molecule has 2 aromatic rings. The van der Waals surface area contributed by atoms with E-state index in [1.54, 1.807) is 24.0 Å². The Morgan fingerprint density at radius 1 is 1.10 bits per heavy atom. The first kappa shape index (κ1) is 23.3. The summed E-state index contributed by atoms with van der Waals surface area (Å²) in [6, 6.07) is 10.9. The average Bonchev–Trinajstić information content (AvgIpc) is 2.67. The van der Waals surface area contributed by atoms with Crippen molar-refractivity contribution in [2.75, 3.05) is 13.1 Å². The third kappa shape index (κ3) is 4.94. The normalized spacial score (nSPS) is 16.3. The molecule has 31 heavy (non-hydrogen) atoms. The van der Waals surface area contributed by atoms with Crippen molar-refractivity contribution in [1.82, 2.24) is 4.90 Å². The zero-order valence-corrected chi connectivity index (χ0v) is 19.3. The van der Waals surface area contributed by atoms with Crippen LogP contribution in [0.15, 0.2) is 36.4 Å². The molecule has 5 nitrogen and oxygen atoms in total. The minimum atomic E-state index is -0.977. The lowest BCUT2D eigenvalue weighted by atomic mass is 9.79. The van der Waals surface area contributed by atoms with Crippen LogP contribution in [0, 0.1) is 19.3 Å². The summed E-state index contributed by atoms with van der Waals surface area (Å²) in [5, 5.41) is 21.4. The van der Waals surface area contributed by atoms with Crippen LogP contribution in [0.25, 0.3) is 0 Å². The number of hydrogen-bond donors (Lipinski definition) is 2. The van der Waals surface area contributed by atoms with Gasteiger partial charge in [0.1, 0.15) is 0 Å². The summed E-state index contributed by atoms with van der Waals surface area (Å²) in [6.07, 6.45) is 1.23. The van der Waals surface area contributed by atoms with E-state index in [0.29, 0.717) is 48.5 Å². The van der Waals surface area contributed by atoms with Crippen molar-refractivity contribution >= 4 is 23.5 Å². The summed E-state index contributed by atoms with van der Waals surface area (Å²) in [7, 11) is 0. The van der Waals surface area contributed by atoms with Crippen LogP contribution in [-0.2, 0) is 16.8 Å². The van der Waals surface area contributed by atoms with Gasteiger partial charge in [0.15, 0.2) is 0 Å². The molecule has 0 aromatic heterocycles. The van der Waals surface area contributed by atoms with E-state index in [4.69, 9.17) is 11.6 Å². The van der Waals surface area contributed by atoms with Gasteiger partial charge in [-0.25, -0.2) is 4.79 Å². The van der Waals surface area contributed by atoms with E-state index in [1.807, 2.05) is 45.0 Å². The summed E-state index contributed by atoms with van der Waals surface area (Å²) in [6.45, 7) is 8.33. The second-order valence-corrected chi connectivity index (χ2v) is 9.75. The second-order valence-electron chi connectivity index (χ2n) is 9.31. The molecule has 166 valence electrons. The number of carbonyl (C=O) groups excluding carboxylic acids is 1. The minimum Gasteiger partial charge on any atom is -0.478 e. The SMILES string of the molecule is Cc1cc(C)c(C(=O)O)c(CC(C)(C)C(=O)N2CCC(O)(c3ccc(Cl)cc3)CC2)c1. The highest BCUT2D eigenvalue weighted by molar-refractivity contribution is 6.30. The molecule has 0 unspecified atom stereocenters. The fourth-order valence-electron chi connectivity index (χ4n) is 4.61. The molecule has 2 N–H and O–H groups in total. The molecule has 3 rings (SSSR count). The second kappa shape index (κ2) is 8.64. The number of hydrogen-bond acceptors (Lipinski definition) is 3. The Morgan fingerprint density at radius 3 is 2.23 bits per heavy atom. The predicted octanol–water partition coefficient (Wildman–Crippen LogP) is 4.73. The van der Waals surface area contributed by atoms with Gasteiger partial charge in [0, 0.05) is 23.5 Å². The van der Waals surface area contributed by atoms with Gasteiger partial charge in [-0.05, 0) is 61.9 Å². The topological polar surface area (TPSA) is 77.8 Å². The largest absolute Gasteiger partial charge is 0.478 e. The molecule has 0 spiro atoms. The molecule has 0 radical (unpaired) electrons. The zero-order chi connectivity index (χ0) is 23.0. The fourth-order valence-corrected chi connectivity index (χ4v) is 4.74. The molecule has 0 saturated carbocycles. The van der Waals surface area contributed by atoms with Gasteiger partial charge < -0.3 is 15.1 Å². The monoisotopic (exact) mass is 443 g/mol. The van der Waals surface area contributed by atoms with E-state index in [2.05, 4.69) is 0 Å². The first-order valence-electron chi connectivity index (χ1n) is 10.5. The van der Waals surface area contributed by atoms with Crippen LogP contribution < -0.4 is 0 Å². The van der Waals surface area contributed by atoms with E-state index in [1.165, 1.54) is 0 Å². The Kier molecular flexibility index (Phi) is 6.49. The first-order chi connectivity index (χ1) is 14.4. The Labute approximate surface area is 188 Å². The first-order valence-corrected chi connectivity index (χ1v) is 10.9. The lowest BCUT2D eigenvalue weighted by Gasteiger charge is -2.41. The standard InChI is InChI=1S/C25H30ClNO4/c1-16-13-17(2)21(22(28)29)18(14-16)15-24(3,4)23(30)27-11-9-25(31,10-12-27)19-5-7-20(26)8-6-19/h5-8,13-14,31H,9-12,15H2,1-4H3,(H,28,29). The van der Waals surface area contributed by atoms with Crippen LogP contribution in [0.3, 0.4) is 0 Å². The average molecular weight is 444 g/mol. The van der Waals surface area contributed by atoms with Crippen molar-refractivity contribution in [3.8, 4) is 0 Å².